The maximum atomic E-state index is 12.7. The molecule has 0 bridgehead atoms. The summed E-state index contributed by atoms with van der Waals surface area (Å²) >= 11 is 1.50. The minimum atomic E-state index is -0.214. The van der Waals surface area contributed by atoms with Crippen LogP contribution in [0.5, 0.6) is 0 Å². The molecule has 6 nitrogen and oxygen atoms in total. The van der Waals surface area contributed by atoms with E-state index in [0.29, 0.717) is 17.1 Å². The standard InChI is InChI=1S/C20H22N4O2S/c1-23-12-14(21)11-16(23)19(25)22-15-5-6-17-13(9-15)10-18(27-17)20(26)24-7-3-2-4-8-24/h5-6,9-12H,2-4,7-8,21H2,1H3,(H,22,25). The number of nitrogens with zero attached hydrogens (tertiary/aromatic N) is 2. The number of piperidine rings is 1. The Morgan fingerprint density at radius 1 is 1.11 bits per heavy atom. The van der Waals surface area contributed by atoms with Gasteiger partial charge in [0.15, 0.2) is 0 Å². The molecule has 2 aromatic heterocycles. The van der Waals surface area contributed by atoms with Crippen molar-refractivity contribution in [3.05, 3.63) is 47.1 Å². The lowest BCUT2D eigenvalue weighted by molar-refractivity contribution is 0.0729. The lowest BCUT2D eigenvalue weighted by Crippen LogP contribution is -2.35. The number of nitrogen functional groups attached to an aromatic ring is 1. The van der Waals surface area contributed by atoms with Crippen molar-refractivity contribution >= 4 is 44.6 Å². The molecule has 3 heterocycles. The molecule has 1 aliphatic rings. The number of aryl methyl sites for hydroxylation is 1. The molecule has 1 aromatic carbocycles. The normalized spacial score (nSPS) is 14.5. The molecular formula is C20H22N4O2S. The smallest absolute Gasteiger partial charge is 0.272 e. The average Bonchev–Trinajstić information content (AvgIpc) is 3.24. The zero-order valence-corrected chi connectivity index (χ0v) is 16.0. The Kier molecular flexibility index (Phi) is 4.61. The lowest BCUT2D eigenvalue weighted by Gasteiger charge is -2.26. The molecule has 1 fully saturated rings. The molecule has 0 unspecified atom stereocenters. The van der Waals surface area contributed by atoms with Crippen molar-refractivity contribution in [1.29, 1.82) is 0 Å². The second kappa shape index (κ2) is 7.08. The number of carbonyl (C=O) groups excluding carboxylic acids is 2. The van der Waals surface area contributed by atoms with Crippen LogP contribution in [0.1, 0.15) is 39.4 Å². The topological polar surface area (TPSA) is 80.4 Å². The number of nitrogens with two attached hydrogens (primary N) is 1. The summed E-state index contributed by atoms with van der Waals surface area (Å²) in [4.78, 5) is 27.9. The zero-order chi connectivity index (χ0) is 19.0. The Morgan fingerprint density at radius 2 is 1.89 bits per heavy atom. The van der Waals surface area contributed by atoms with Crippen LogP contribution < -0.4 is 11.1 Å². The van der Waals surface area contributed by atoms with Gasteiger partial charge in [0.25, 0.3) is 11.8 Å². The first-order valence-electron chi connectivity index (χ1n) is 9.07. The van der Waals surface area contributed by atoms with E-state index in [0.717, 1.165) is 40.9 Å². The molecule has 4 rings (SSSR count). The summed E-state index contributed by atoms with van der Waals surface area (Å²) in [5, 5.41) is 3.86. The first-order valence-corrected chi connectivity index (χ1v) is 9.89. The molecular weight excluding hydrogens is 360 g/mol. The molecule has 140 valence electrons. The minimum absolute atomic E-state index is 0.112. The van der Waals surface area contributed by atoms with E-state index >= 15 is 0 Å². The van der Waals surface area contributed by atoms with E-state index in [-0.39, 0.29) is 11.8 Å². The number of aromatic nitrogens is 1. The van der Waals surface area contributed by atoms with Gasteiger partial charge in [0.2, 0.25) is 0 Å². The van der Waals surface area contributed by atoms with Crippen molar-refractivity contribution in [2.45, 2.75) is 19.3 Å². The van der Waals surface area contributed by atoms with E-state index in [1.165, 1.54) is 17.8 Å². The number of fused-ring (bicyclic) bond motifs is 1. The van der Waals surface area contributed by atoms with Gasteiger partial charge in [-0.3, -0.25) is 9.59 Å². The number of carbonyl (C=O) groups is 2. The molecule has 0 aliphatic carbocycles. The Bertz CT molecular complexity index is 1010. The largest absolute Gasteiger partial charge is 0.397 e. The predicted octanol–water partition coefficient (Wildman–Crippen LogP) is 3.70. The van der Waals surface area contributed by atoms with Crippen LogP contribution in [-0.2, 0) is 7.05 Å². The van der Waals surface area contributed by atoms with Crippen LogP contribution in [0.25, 0.3) is 10.1 Å². The van der Waals surface area contributed by atoms with Crippen molar-refractivity contribution in [1.82, 2.24) is 9.47 Å². The van der Waals surface area contributed by atoms with E-state index < -0.39 is 0 Å². The Morgan fingerprint density at radius 3 is 2.59 bits per heavy atom. The second-order valence-corrected chi connectivity index (χ2v) is 8.02. The van der Waals surface area contributed by atoms with Crippen LogP contribution >= 0.6 is 11.3 Å². The summed E-state index contributed by atoms with van der Waals surface area (Å²) in [6.45, 7) is 1.68. The highest BCUT2D eigenvalue weighted by Gasteiger charge is 2.20. The third-order valence-electron chi connectivity index (χ3n) is 4.89. The minimum Gasteiger partial charge on any atom is -0.397 e. The van der Waals surface area contributed by atoms with Crippen LogP contribution in [0.2, 0.25) is 0 Å². The molecule has 1 saturated heterocycles. The molecule has 3 aromatic rings. The van der Waals surface area contributed by atoms with Crippen LogP contribution in [0.4, 0.5) is 11.4 Å². The lowest BCUT2D eigenvalue weighted by atomic mass is 10.1. The molecule has 27 heavy (non-hydrogen) atoms. The number of amides is 2. The Balaban J connectivity index is 1.54. The van der Waals surface area contributed by atoms with Crippen molar-refractivity contribution in [3.8, 4) is 0 Å². The summed E-state index contributed by atoms with van der Waals surface area (Å²) in [5.74, 6) is -0.103. The number of likely N-dealkylation sites (tertiary alicyclic amines) is 1. The fourth-order valence-electron chi connectivity index (χ4n) is 3.49. The predicted molar refractivity (Wildman–Crippen MR) is 109 cm³/mol. The van der Waals surface area contributed by atoms with Gasteiger partial charge < -0.3 is 20.5 Å². The summed E-state index contributed by atoms with van der Waals surface area (Å²) < 4.78 is 2.74. The van der Waals surface area contributed by atoms with E-state index in [2.05, 4.69) is 5.32 Å². The fraction of sp³-hybridized carbons (Fsp3) is 0.300. The van der Waals surface area contributed by atoms with Gasteiger partial charge in [-0.1, -0.05) is 0 Å². The van der Waals surface area contributed by atoms with Gasteiger partial charge in [-0.05, 0) is 55.0 Å². The average molecular weight is 382 g/mol. The molecule has 1 aliphatic heterocycles. The monoisotopic (exact) mass is 382 g/mol. The summed E-state index contributed by atoms with van der Waals surface area (Å²) in [6.07, 6.45) is 5.06. The molecule has 0 spiro atoms. The maximum Gasteiger partial charge on any atom is 0.272 e. The van der Waals surface area contributed by atoms with Crippen molar-refractivity contribution in [2.75, 3.05) is 24.1 Å². The van der Waals surface area contributed by atoms with Gasteiger partial charge in [-0.25, -0.2) is 0 Å². The molecule has 0 radical (unpaired) electrons. The number of benzene rings is 1. The van der Waals surface area contributed by atoms with E-state index in [1.807, 2.05) is 29.2 Å². The first-order chi connectivity index (χ1) is 13.0. The van der Waals surface area contributed by atoms with Gasteiger partial charge >= 0.3 is 0 Å². The van der Waals surface area contributed by atoms with Crippen LogP contribution in [0.3, 0.4) is 0 Å². The summed E-state index contributed by atoms with van der Waals surface area (Å²) in [6, 6.07) is 9.28. The number of nitrogens with one attached hydrogen (secondary N) is 1. The van der Waals surface area contributed by atoms with Crippen molar-refractivity contribution in [2.24, 2.45) is 7.05 Å². The second-order valence-electron chi connectivity index (χ2n) is 6.94. The van der Waals surface area contributed by atoms with Gasteiger partial charge in [-0.15, -0.1) is 11.3 Å². The van der Waals surface area contributed by atoms with E-state index in [4.69, 9.17) is 5.73 Å². The van der Waals surface area contributed by atoms with Crippen molar-refractivity contribution < 1.29 is 9.59 Å². The SMILES string of the molecule is Cn1cc(N)cc1C(=O)Nc1ccc2sc(C(=O)N3CCCCC3)cc2c1. The summed E-state index contributed by atoms with van der Waals surface area (Å²) in [5.41, 5.74) is 7.49. The number of hydrogen-bond acceptors (Lipinski definition) is 4. The number of thiophene rings is 1. The quantitative estimate of drug-likeness (QED) is 0.725. The maximum absolute atomic E-state index is 12.7. The van der Waals surface area contributed by atoms with Crippen LogP contribution in [0.15, 0.2) is 36.5 Å². The highest BCUT2D eigenvalue weighted by molar-refractivity contribution is 7.20. The van der Waals surface area contributed by atoms with Crippen LogP contribution in [0, 0.1) is 0 Å². The zero-order valence-electron chi connectivity index (χ0n) is 15.2. The van der Waals surface area contributed by atoms with E-state index in [1.54, 1.807) is 23.9 Å². The molecule has 0 atom stereocenters. The molecule has 0 saturated carbocycles. The van der Waals surface area contributed by atoms with Gasteiger partial charge in [0.05, 0.1) is 10.6 Å². The highest BCUT2D eigenvalue weighted by Crippen LogP contribution is 2.30. The molecule has 3 N–H and O–H groups in total. The third kappa shape index (κ3) is 3.55. The Labute approximate surface area is 161 Å². The van der Waals surface area contributed by atoms with Gasteiger partial charge in [-0.2, -0.15) is 0 Å². The number of hydrogen-bond donors (Lipinski definition) is 2. The fourth-order valence-corrected chi connectivity index (χ4v) is 4.50. The van der Waals surface area contributed by atoms with Gasteiger partial charge in [0.1, 0.15) is 5.69 Å². The number of anilines is 2. The molecule has 7 heteroatoms. The van der Waals surface area contributed by atoms with Gasteiger partial charge in [0, 0.05) is 36.7 Å². The van der Waals surface area contributed by atoms with Crippen molar-refractivity contribution in [3.63, 3.8) is 0 Å². The highest BCUT2D eigenvalue weighted by atomic mass is 32.1. The Hall–Kier alpha value is -2.80. The summed E-state index contributed by atoms with van der Waals surface area (Å²) in [7, 11) is 1.78. The number of rotatable bonds is 3. The third-order valence-corrected chi connectivity index (χ3v) is 5.99. The first kappa shape index (κ1) is 17.6. The van der Waals surface area contributed by atoms with Crippen LogP contribution in [-0.4, -0.2) is 34.4 Å². The van der Waals surface area contributed by atoms with E-state index in [9.17, 15) is 9.59 Å². The molecule has 2 amide bonds.